The molecule has 96 valence electrons. The number of hydrogen-bond donors (Lipinski definition) is 1. The van der Waals surface area contributed by atoms with Crippen molar-refractivity contribution in [2.24, 2.45) is 0 Å². The monoisotopic (exact) mass is 277 g/mol. The molecule has 0 saturated carbocycles. The van der Waals surface area contributed by atoms with Crippen molar-refractivity contribution < 1.29 is 26.3 Å². The Labute approximate surface area is 97.2 Å². The molecule has 0 unspecified atom stereocenters. The summed E-state index contributed by atoms with van der Waals surface area (Å²) in [6.45, 7) is 0. The fourth-order valence-corrected chi connectivity index (χ4v) is 1.55. The fourth-order valence-electron chi connectivity index (χ4n) is 1.32. The van der Waals surface area contributed by atoms with Gasteiger partial charge in [-0.3, -0.25) is 0 Å². The number of alkyl halides is 7. The van der Waals surface area contributed by atoms with Crippen LogP contribution in [0, 0.1) is 0 Å². The predicted octanol–water partition coefficient (Wildman–Crippen LogP) is 4.05. The molecule has 0 aliphatic heterocycles. The number of benzene rings is 1. The summed E-state index contributed by atoms with van der Waals surface area (Å²) in [5, 5.41) is 0. The maximum atomic E-state index is 12.5. The van der Waals surface area contributed by atoms with Crippen LogP contribution in [0.5, 0.6) is 0 Å². The molecule has 0 amide bonds. The van der Waals surface area contributed by atoms with Crippen LogP contribution in [0.1, 0.15) is 16.7 Å². The van der Waals surface area contributed by atoms with E-state index in [2.05, 4.69) is 0 Å². The SMILES string of the molecule is Nc1c(CCl)ccc(C(F)(F)F)c1C(F)(F)F. The van der Waals surface area contributed by atoms with Gasteiger partial charge in [-0.15, -0.1) is 11.6 Å². The Morgan fingerprint density at radius 3 is 1.88 bits per heavy atom. The van der Waals surface area contributed by atoms with Gasteiger partial charge in [0.1, 0.15) is 0 Å². The zero-order valence-corrected chi connectivity index (χ0v) is 8.84. The van der Waals surface area contributed by atoms with Gasteiger partial charge in [0.2, 0.25) is 0 Å². The third-order valence-electron chi connectivity index (χ3n) is 2.07. The molecule has 8 heteroatoms. The van der Waals surface area contributed by atoms with Crippen molar-refractivity contribution in [3.8, 4) is 0 Å². The minimum absolute atomic E-state index is 0.188. The van der Waals surface area contributed by atoms with E-state index in [-0.39, 0.29) is 5.56 Å². The van der Waals surface area contributed by atoms with Gasteiger partial charge in [0.05, 0.1) is 11.1 Å². The van der Waals surface area contributed by atoms with E-state index in [1.807, 2.05) is 0 Å². The Bertz CT molecular complexity index is 423. The van der Waals surface area contributed by atoms with Crippen molar-refractivity contribution in [3.05, 3.63) is 28.8 Å². The smallest absolute Gasteiger partial charge is 0.398 e. The van der Waals surface area contributed by atoms with E-state index in [4.69, 9.17) is 17.3 Å². The molecule has 1 aromatic rings. The topological polar surface area (TPSA) is 26.0 Å². The van der Waals surface area contributed by atoms with Crippen LogP contribution in [0.25, 0.3) is 0 Å². The molecule has 0 aliphatic carbocycles. The highest BCUT2D eigenvalue weighted by atomic mass is 35.5. The minimum atomic E-state index is -5.18. The fraction of sp³-hybridized carbons (Fsp3) is 0.333. The van der Waals surface area contributed by atoms with Crippen molar-refractivity contribution in [3.63, 3.8) is 0 Å². The summed E-state index contributed by atoms with van der Waals surface area (Å²) < 4.78 is 74.8. The van der Waals surface area contributed by atoms with Crippen LogP contribution in [-0.2, 0) is 18.2 Å². The van der Waals surface area contributed by atoms with E-state index < -0.39 is 35.0 Å². The van der Waals surface area contributed by atoms with Gasteiger partial charge in [0.25, 0.3) is 0 Å². The normalized spacial score (nSPS) is 12.9. The van der Waals surface area contributed by atoms with E-state index in [1.165, 1.54) is 0 Å². The molecule has 2 N–H and O–H groups in total. The van der Waals surface area contributed by atoms with Crippen LogP contribution >= 0.6 is 11.6 Å². The summed E-state index contributed by atoms with van der Waals surface area (Å²) in [6, 6.07) is 1.16. The Balaban J connectivity index is 3.59. The largest absolute Gasteiger partial charge is 0.418 e. The van der Waals surface area contributed by atoms with E-state index in [0.29, 0.717) is 6.07 Å². The van der Waals surface area contributed by atoms with Crippen LogP contribution in [0.2, 0.25) is 0 Å². The van der Waals surface area contributed by atoms with Crippen molar-refractivity contribution >= 4 is 17.3 Å². The molecule has 0 aliphatic rings. The standard InChI is InChI=1S/C9H6ClF6N/c10-3-4-1-2-5(8(11,12)13)6(7(4)17)9(14,15)16/h1-2H,3,17H2. The quantitative estimate of drug-likeness (QED) is 0.468. The van der Waals surface area contributed by atoms with Crippen LogP contribution in [0.4, 0.5) is 32.0 Å². The number of nitrogens with two attached hydrogens (primary N) is 1. The van der Waals surface area contributed by atoms with Gasteiger partial charge in [0.15, 0.2) is 0 Å². The van der Waals surface area contributed by atoms with E-state index in [0.717, 1.165) is 6.07 Å². The lowest BCUT2D eigenvalue weighted by Gasteiger charge is -2.19. The van der Waals surface area contributed by atoms with Gasteiger partial charge in [-0.05, 0) is 11.6 Å². The van der Waals surface area contributed by atoms with E-state index in [9.17, 15) is 26.3 Å². The van der Waals surface area contributed by atoms with Gasteiger partial charge < -0.3 is 5.73 Å². The van der Waals surface area contributed by atoms with Crippen LogP contribution in [0.3, 0.4) is 0 Å². The van der Waals surface area contributed by atoms with Gasteiger partial charge in [-0.2, -0.15) is 26.3 Å². The zero-order chi connectivity index (χ0) is 13.4. The lowest BCUT2D eigenvalue weighted by Crippen LogP contribution is -2.19. The Hall–Kier alpha value is -1.11. The van der Waals surface area contributed by atoms with Gasteiger partial charge in [-0.1, -0.05) is 6.07 Å². The summed E-state index contributed by atoms with van der Waals surface area (Å²) in [7, 11) is 0. The van der Waals surface area contributed by atoms with Gasteiger partial charge in [-0.25, -0.2) is 0 Å². The van der Waals surface area contributed by atoms with Crippen molar-refractivity contribution in [1.82, 2.24) is 0 Å². The first kappa shape index (κ1) is 14.0. The number of halogens is 7. The number of nitrogen functional groups attached to an aromatic ring is 1. The highest BCUT2D eigenvalue weighted by Gasteiger charge is 2.45. The molecule has 1 aromatic carbocycles. The first-order chi connectivity index (χ1) is 7.59. The molecular formula is C9H6ClF6N. The first-order valence-electron chi connectivity index (χ1n) is 4.20. The highest BCUT2D eigenvalue weighted by molar-refractivity contribution is 6.17. The molecule has 0 spiro atoms. The molecule has 1 rings (SSSR count). The van der Waals surface area contributed by atoms with E-state index >= 15 is 0 Å². The zero-order valence-electron chi connectivity index (χ0n) is 8.08. The van der Waals surface area contributed by atoms with Crippen LogP contribution in [0.15, 0.2) is 12.1 Å². The van der Waals surface area contributed by atoms with Crippen LogP contribution < -0.4 is 5.73 Å². The number of anilines is 1. The third kappa shape index (κ3) is 2.77. The Kier molecular flexibility index (Phi) is 3.52. The molecule has 1 nitrogen and oxygen atoms in total. The second kappa shape index (κ2) is 4.29. The molecule has 0 saturated heterocycles. The van der Waals surface area contributed by atoms with Crippen molar-refractivity contribution in [1.29, 1.82) is 0 Å². The molecule has 0 atom stereocenters. The molecule has 0 aromatic heterocycles. The summed E-state index contributed by atoms with van der Waals surface area (Å²) in [6.07, 6.45) is -10.3. The lowest BCUT2D eigenvalue weighted by atomic mass is 10.0. The predicted molar refractivity (Wildman–Crippen MR) is 50.4 cm³/mol. The molecule has 0 radical (unpaired) electrons. The summed E-state index contributed by atoms with van der Waals surface area (Å²) in [4.78, 5) is 0. The average molecular weight is 278 g/mol. The molecule has 0 heterocycles. The second-order valence-corrected chi connectivity index (χ2v) is 3.46. The summed E-state index contributed by atoms with van der Waals surface area (Å²) in [5.41, 5.74) is 0.206. The van der Waals surface area contributed by atoms with E-state index in [1.54, 1.807) is 0 Å². The maximum absolute atomic E-state index is 12.5. The maximum Gasteiger partial charge on any atom is 0.418 e. The summed E-state index contributed by atoms with van der Waals surface area (Å²) >= 11 is 5.29. The third-order valence-corrected chi connectivity index (χ3v) is 2.36. The average Bonchev–Trinajstić information content (AvgIpc) is 2.13. The molecule has 0 bridgehead atoms. The van der Waals surface area contributed by atoms with Gasteiger partial charge in [0, 0.05) is 11.6 Å². The molecular weight excluding hydrogens is 272 g/mol. The Morgan fingerprint density at radius 1 is 1.00 bits per heavy atom. The van der Waals surface area contributed by atoms with Crippen molar-refractivity contribution in [2.75, 3.05) is 5.73 Å². The lowest BCUT2D eigenvalue weighted by molar-refractivity contribution is -0.161. The number of rotatable bonds is 1. The first-order valence-corrected chi connectivity index (χ1v) is 4.74. The summed E-state index contributed by atoms with van der Waals surface area (Å²) in [5.74, 6) is -0.396. The number of hydrogen-bond acceptors (Lipinski definition) is 1. The van der Waals surface area contributed by atoms with Crippen molar-refractivity contribution in [2.45, 2.75) is 18.2 Å². The molecule has 0 fully saturated rings. The van der Waals surface area contributed by atoms with Crippen LogP contribution in [-0.4, -0.2) is 0 Å². The minimum Gasteiger partial charge on any atom is -0.398 e. The second-order valence-electron chi connectivity index (χ2n) is 3.19. The van der Waals surface area contributed by atoms with Gasteiger partial charge >= 0.3 is 12.4 Å². The highest BCUT2D eigenvalue weighted by Crippen LogP contribution is 2.44. The molecule has 17 heavy (non-hydrogen) atoms. The Morgan fingerprint density at radius 2 is 1.53 bits per heavy atom.